The molecule has 2 aliphatic rings. The van der Waals surface area contributed by atoms with E-state index in [2.05, 4.69) is 4.98 Å². The van der Waals surface area contributed by atoms with E-state index in [-0.39, 0.29) is 28.6 Å². The second-order valence-corrected chi connectivity index (χ2v) is 13.2. The van der Waals surface area contributed by atoms with Crippen LogP contribution in [-0.4, -0.2) is 47.3 Å². The molecule has 1 amide bonds. The molecule has 4 aromatic rings. The van der Waals surface area contributed by atoms with Crippen molar-refractivity contribution in [1.29, 1.82) is 0 Å². The molecular weight excluding hydrogens is 514 g/mol. The number of rotatable bonds is 4. The second-order valence-electron chi connectivity index (χ2n) is 10.1. The van der Waals surface area contributed by atoms with Crippen LogP contribution in [0.1, 0.15) is 49.9 Å². The van der Waals surface area contributed by atoms with Crippen molar-refractivity contribution in [3.8, 4) is 16.9 Å². The van der Waals surface area contributed by atoms with Gasteiger partial charge in [-0.3, -0.25) is 4.79 Å². The highest BCUT2D eigenvalue weighted by Crippen LogP contribution is 2.50. The summed E-state index contributed by atoms with van der Waals surface area (Å²) in [6.45, 7) is -1.27. The Morgan fingerprint density at radius 3 is 2.61 bits per heavy atom. The summed E-state index contributed by atoms with van der Waals surface area (Å²) in [5.74, 6) is -1.31. The number of aryl methyl sites for hydroxylation is 1. The number of alkyl halides is 2. The quantitative estimate of drug-likeness (QED) is 0.292. The van der Waals surface area contributed by atoms with Crippen molar-refractivity contribution in [3.05, 3.63) is 76.9 Å². The van der Waals surface area contributed by atoms with Gasteiger partial charge < -0.3 is 18.8 Å². The first-order chi connectivity index (χ1) is 19.2. The zero-order valence-corrected chi connectivity index (χ0v) is 21.6. The van der Waals surface area contributed by atoms with E-state index in [9.17, 15) is 18.1 Å². The number of amides is 1. The first-order valence-corrected chi connectivity index (χ1v) is 14.6. The van der Waals surface area contributed by atoms with Gasteiger partial charge in [0.15, 0.2) is 0 Å². The number of imidazole rings is 1. The highest BCUT2D eigenvalue weighted by molar-refractivity contribution is 7.70. The van der Waals surface area contributed by atoms with Gasteiger partial charge in [0.2, 0.25) is 0 Å². The lowest BCUT2D eigenvalue weighted by molar-refractivity contribution is -0.0507. The third kappa shape index (κ3) is 3.67. The molecule has 0 aliphatic carbocycles. The number of fused-ring (bicyclic) bond motifs is 9. The van der Waals surface area contributed by atoms with Crippen molar-refractivity contribution in [2.45, 2.75) is 32.0 Å². The average Bonchev–Trinajstić information content (AvgIpc) is 3.34. The van der Waals surface area contributed by atoms with E-state index in [1.165, 1.54) is 37.6 Å². The Morgan fingerprint density at radius 2 is 1.92 bits per heavy atom. The molecule has 10 heteroatoms. The number of aromatic nitrogens is 2. The van der Waals surface area contributed by atoms with Crippen LogP contribution in [0.3, 0.4) is 0 Å². The number of carbonyl (C=O) groups excluding carboxylic acids is 1. The van der Waals surface area contributed by atoms with Crippen molar-refractivity contribution in [2.24, 2.45) is 0 Å². The summed E-state index contributed by atoms with van der Waals surface area (Å²) in [6.07, 6.45) is 0.0912. The molecule has 0 fully saturated rings. The fourth-order valence-electron chi connectivity index (χ4n) is 5.87. The lowest BCUT2D eigenvalue weighted by Gasteiger charge is -2.24. The molecule has 0 N–H and O–H groups in total. The van der Waals surface area contributed by atoms with Crippen LogP contribution in [0.15, 0.2) is 48.5 Å². The molecule has 6 rings (SSSR count). The smallest absolute Gasteiger partial charge is 0.387 e. The minimum absolute atomic E-state index is 0.0349. The predicted molar refractivity (Wildman–Crippen MR) is 140 cm³/mol. The molecule has 0 radical (unpaired) electrons. The lowest BCUT2D eigenvalue weighted by Crippen LogP contribution is -2.30. The minimum atomic E-state index is -3.16. The summed E-state index contributed by atoms with van der Waals surface area (Å²) in [4.78, 5) is 19.0. The van der Waals surface area contributed by atoms with Gasteiger partial charge >= 0.3 is 6.61 Å². The maximum absolute atomic E-state index is 15.1. The van der Waals surface area contributed by atoms with Crippen molar-refractivity contribution in [1.82, 2.24) is 14.5 Å². The number of hydrogen-bond donors (Lipinski definition) is 0. The Labute approximate surface area is 221 Å². The van der Waals surface area contributed by atoms with E-state index in [1.54, 1.807) is 35.8 Å². The fourth-order valence-corrected chi connectivity index (χ4v) is 7.37. The van der Waals surface area contributed by atoms with Crippen molar-refractivity contribution < 1.29 is 31.4 Å². The molecular formula is C28H25F3N3O3P. The summed E-state index contributed by atoms with van der Waals surface area (Å²) >= 11 is 0. The van der Waals surface area contributed by atoms with Crippen molar-refractivity contribution >= 4 is 29.4 Å². The van der Waals surface area contributed by atoms with Crippen LogP contribution in [0.4, 0.5) is 13.2 Å². The topological polar surface area (TPSA) is 64.4 Å². The normalized spacial score (nSPS) is 20.1. The van der Waals surface area contributed by atoms with Gasteiger partial charge in [-0.25, -0.2) is 9.37 Å². The SMILES string of the molecule is [2H]C([2H])([2H])N1C(=O)c2cccc(OC(F)F)c2[C@@H]2C[C@@H]1c1nc3ccc(-c4cc(C)c(P(C)(C)=O)c(F)c4)cc3n12. The number of hydrogen-bond acceptors (Lipinski definition) is 4. The van der Waals surface area contributed by atoms with E-state index in [1.807, 2.05) is 0 Å². The Hall–Kier alpha value is -3.58. The Kier molecular flexibility index (Phi) is 4.76. The van der Waals surface area contributed by atoms with E-state index >= 15 is 4.39 Å². The summed E-state index contributed by atoms with van der Waals surface area (Å²) < 4.78 is 85.6. The van der Waals surface area contributed by atoms with Gasteiger partial charge in [-0.2, -0.15) is 8.78 Å². The highest BCUT2D eigenvalue weighted by atomic mass is 31.2. The number of halogens is 3. The third-order valence-electron chi connectivity index (χ3n) is 7.28. The summed E-state index contributed by atoms with van der Waals surface area (Å²) in [7, 11) is -2.86. The standard InChI is InChI=1S/C28H25F3N3O3P/c1-14-10-16(11-18(29)25(14)38(3,4)36)15-8-9-19-20(12-15)34-21-13-22(26(34)32-19)33(2)27(35)17-6-5-7-23(24(17)21)37-28(30)31/h5-12,21-22,28H,13H2,1-4H3/t21-,22+/m0/s1/i2D3. The lowest BCUT2D eigenvalue weighted by atomic mass is 9.97. The molecule has 2 bridgehead atoms. The van der Waals surface area contributed by atoms with Crippen molar-refractivity contribution in [3.63, 3.8) is 0 Å². The summed E-state index contributed by atoms with van der Waals surface area (Å²) in [5, 5.41) is 0.190. The van der Waals surface area contributed by atoms with Gasteiger partial charge in [-0.15, -0.1) is 0 Å². The Morgan fingerprint density at radius 1 is 1.13 bits per heavy atom. The number of nitrogens with zero attached hydrogens (tertiary/aromatic N) is 3. The van der Waals surface area contributed by atoms with Crippen LogP contribution < -0.4 is 10.0 Å². The first-order valence-electron chi connectivity index (χ1n) is 13.5. The molecule has 38 heavy (non-hydrogen) atoms. The number of ether oxygens (including phenoxy) is 1. The second kappa shape index (κ2) is 8.46. The molecule has 1 aromatic heterocycles. The molecule has 6 nitrogen and oxygen atoms in total. The largest absolute Gasteiger partial charge is 0.434 e. The van der Waals surface area contributed by atoms with Crippen LogP contribution in [0.25, 0.3) is 22.2 Å². The zero-order valence-electron chi connectivity index (χ0n) is 23.7. The van der Waals surface area contributed by atoms with Crippen molar-refractivity contribution in [2.75, 3.05) is 20.3 Å². The number of carbonyl (C=O) groups is 1. The van der Waals surface area contributed by atoms with E-state index in [0.717, 1.165) is 4.90 Å². The summed E-state index contributed by atoms with van der Waals surface area (Å²) in [5.41, 5.74) is 2.88. The molecule has 0 saturated carbocycles. The molecule has 0 unspecified atom stereocenters. The molecule has 2 atom stereocenters. The van der Waals surface area contributed by atoms with E-state index in [0.29, 0.717) is 33.5 Å². The molecule has 3 heterocycles. The maximum atomic E-state index is 15.1. The van der Waals surface area contributed by atoms with Crippen LogP contribution in [0.5, 0.6) is 5.75 Å². The van der Waals surface area contributed by atoms with Gasteiger partial charge in [0, 0.05) is 33.9 Å². The van der Waals surface area contributed by atoms with Gasteiger partial charge in [0.25, 0.3) is 5.91 Å². The first kappa shape index (κ1) is 21.4. The minimum Gasteiger partial charge on any atom is -0.434 e. The number of benzene rings is 3. The van der Waals surface area contributed by atoms with Gasteiger partial charge in [-0.1, -0.05) is 18.2 Å². The molecule has 3 aromatic carbocycles. The molecule has 196 valence electrons. The third-order valence-corrected chi connectivity index (χ3v) is 8.92. The van der Waals surface area contributed by atoms with Crippen LogP contribution in [0, 0.1) is 12.7 Å². The van der Waals surface area contributed by atoms with Gasteiger partial charge in [0.05, 0.1) is 23.1 Å². The van der Waals surface area contributed by atoms with Gasteiger partial charge in [-0.05, 0) is 67.3 Å². The average molecular weight is 543 g/mol. The maximum Gasteiger partial charge on any atom is 0.387 e. The van der Waals surface area contributed by atoms with Crippen LogP contribution >= 0.6 is 7.14 Å². The van der Waals surface area contributed by atoms with Crippen LogP contribution in [0.2, 0.25) is 0 Å². The fraction of sp³-hybridized carbons (Fsp3) is 0.286. The monoisotopic (exact) mass is 542 g/mol. The summed E-state index contributed by atoms with van der Waals surface area (Å²) in [6, 6.07) is 10.7. The highest BCUT2D eigenvalue weighted by Gasteiger charge is 2.45. The Balaban J connectivity index is 1.59. The molecule has 0 spiro atoms. The van der Waals surface area contributed by atoms with Gasteiger partial charge in [0.1, 0.15) is 24.5 Å². The predicted octanol–water partition coefficient (Wildman–Crippen LogP) is 6.12. The zero-order chi connectivity index (χ0) is 29.6. The van der Waals surface area contributed by atoms with E-state index < -0.39 is 44.5 Å². The van der Waals surface area contributed by atoms with E-state index in [4.69, 9.17) is 8.85 Å². The molecule has 0 saturated heterocycles. The van der Waals surface area contributed by atoms with Crippen LogP contribution in [-0.2, 0) is 4.57 Å². The molecule has 2 aliphatic heterocycles. The Bertz CT molecular complexity index is 1780.